The van der Waals surface area contributed by atoms with Gasteiger partial charge in [-0.1, -0.05) is 45.7 Å². The van der Waals surface area contributed by atoms with Crippen LogP contribution in [0, 0.1) is 0 Å². The van der Waals surface area contributed by atoms with Crippen molar-refractivity contribution in [3.05, 3.63) is 58.0 Å². The zero-order valence-corrected chi connectivity index (χ0v) is 12.9. The Morgan fingerprint density at radius 1 is 1.21 bits per heavy atom. The Bertz CT molecular complexity index is 533. The molecule has 0 saturated carbocycles. The average molecular weight is 341 g/mol. The van der Waals surface area contributed by atoms with Crippen LogP contribution in [0.4, 0.5) is 5.69 Å². The second-order valence-electron chi connectivity index (χ2n) is 4.25. The van der Waals surface area contributed by atoms with Crippen LogP contribution in [0.1, 0.15) is 6.92 Å². The summed E-state index contributed by atoms with van der Waals surface area (Å²) in [5.41, 5.74) is 1.08. The van der Waals surface area contributed by atoms with Crippen molar-refractivity contribution in [1.29, 1.82) is 0 Å². The highest BCUT2D eigenvalue weighted by Gasteiger charge is 2.08. The van der Waals surface area contributed by atoms with E-state index in [9.17, 15) is 0 Å². The van der Waals surface area contributed by atoms with Gasteiger partial charge in [0, 0.05) is 10.2 Å². The molecule has 0 saturated heterocycles. The van der Waals surface area contributed by atoms with Crippen LogP contribution in [0.2, 0.25) is 5.02 Å². The van der Waals surface area contributed by atoms with E-state index in [2.05, 4.69) is 21.2 Å². The monoisotopic (exact) mass is 339 g/mol. The molecule has 1 unspecified atom stereocenters. The largest absolute Gasteiger partial charge is 0.487 e. The number of rotatable bonds is 5. The Labute approximate surface area is 126 Å². The SMILES string of the molecule is CC(CNc1ccccc1)Oc1cc(Br)ccc1Cl. The average Bonchev–Trinajstić information content (AvgIpc) is 2.42. The Morgan fingerprint density at radius 3 is 2.68 bits per heavy atom. The van der Waals surface area contributed by atoms with Gasteiger partial charge < -0.3 is 10.1 Å². The second kappa shape index (κ2) is 6.83. The van der Waals surface area contributed by atoms with Crippen molar-refractivity contribution >= 4 is 33.2 Å². The van der Waals surface area contributed by atoms with Gasteiger partial charge in [-0.05, 0) is 37.3 Å². The molecule has 0 radical (unpaired) electrons. The van der Waals surface area contributed by atoms with E-state index in [0.717, 1.165) is 10.2 Å². The summed E-state index contributed by atoms with van der Waals surface area (Å²) in [7, 11) is 0. The van der Waals surface area contributed by atoms with Crippen molar-refractivity contribution in [3.63, 3.8) is 0 Å². The molecule has 2 rings (SSSR count). The van der Waals surface area contributed by atoms with Gasteiger partial charge in [0.15, 0.2) is 0 Å². The highest BCUT2D eigenvalue weighted by atomic mass is 79.9. The fourth-order valence-electron chi connectivity index (χ4n) is 1.64. The van der Waals surface area contributed by atoms with Gasteiger partial charge in [-0.3, -0.25) is 0 Å². The summed E-state index contributed by atoms with van der Waals surface area (Å²) >= 11 is 9.50. The predicted molar refractivity (Wildman–Crippen MR) is 84.2 cm³/mol. The molecule has 1 N–H and O–H groups in total. The minimum absolute atomic E-state index is 0.0204. The van der Waals surface area contributed by atoms with E-state index in [4.69, 9.17) is 16.3 Å². The van der Waals surface area contributed by atoms with Gasteiger partial charge in [-0.25, -0.2) is 0 Å². The number of anilines is 1. The number of nitrogens with one attached hydrogen (secondary N) is 1. The fraction of sp³-hybridized carbons (Fsp3) is 0.200. The number of hydrogen-bond donors (Lipinski definition) is 1. The fourth-order valence-corrected chi connectivity index (χ4v) is 2.15. The van der Waals surface area contributed by atoms with Crippen molar-refractivity contribution in [2.75, 3.05) is 11.9 Å². The maximum Gasteiger partial charge on any atom is 0.139 e. The Morgan fingerprint density at radius 2 is 1.95 bits per heavy atom. The molecule has 100 valence electrons. The van der Waals surface area contributed by atoms with Crippen LogP contribution >= 0.6 is 27.5 Å². The number of halogens is 2. The highest BCUT2D eigenvalue weighted by Crippen LogP contribution is 2.28. The van der Waals surface area contributed by atoms with Gasteiger partial charge in [0.2, 0.25) is 0 Å². The lowest BCUT2D eigenvalue weighted by atomic mass is 10.3. The Balaban J connectivity index is 1.90. The number of para-hydroxylation sites is 1. The molecule has 2 nitrogen and oxygen atoms in total. The van der Waals surface area contributed by atoms with Crippen LogP contribution in [-0.4, -0.2) is 12.6 Å². The molecule has 19 heavy (non-hydrogen) atoms. The van der Waals surface area contributed by atoms with Crippen molar-refractivity contribution in [2.45, 2.75) is 13.0 Å². The number of hydrogen-bond acceptors (Lipinski definition) is 2. The van der Waals surface area contributed by atoms with E-state index in [1.54, 1.807) is 0 Å². The summed E-state index contributed by atoms with van der Waals surface area (Å²) in [5, 5.41) is 3.94. The third-order valence-corrected chi connectivity index (χ3v) is 3.39. The lowest BCUT2D eigenvalue weighted by molar-refractivity contribution is 0.235. The number of ether oxygens (including phenoxy) is 1. The molecule has 2 aromatic rings. The van der Waals surface area contributed by atoms with Gasteiger partial charge in [0.05, 0.1) is 11.6 Å². The van der Waals surface area contributed by atoms with Crippen LogP contribution in [0.15, 0.2) is 53.0 Å². The van der Waals surface area contributed by atoms with Crippen molar-refractivity contribution in [1.82, 2.24) is 0 Å². The van der Waals surface area contributed by atoms with E-state index in [-0.39, 0.29) is 6.10 Å². The van der Waals surface area contributed by atoms with E-state index >= 15 is 0 Å². The molecule has 0 aliphatic heterocycles. The summed E-state index contributed by atoms with van der Waals surface area (Å²) in [6, 6.07) is 15.6. The Kier molecular flexibility index (Phi) is 5.11. The third kappa shape index (κ3) is 4.44. The zero-order chi connectivity index (χ0) is 13.7. The Hall–Kier alpha value is -1.19. The highest BCUT2D eigenvalue weighted by molar-refractivity contribution is 9.10. The van der Waals surface area contributed by atoms with Crippen molar-refractivity contribution in [2.24, 2.45) is 0 Å². The summed E-state index contributed by atoms with van der Waals surface area (Å²) in [6.07, 6.45) is 0.0204. The number of benzene rings is 2. The van der Waals surface area contributed by atoms with Gasteiger partial charge in [-0.15, -0.1) is 0 Å². The van der Waals surface area contributed by atoms with E-state index < -0.39 is 0 Å². The maximum atomic E-state index is 6.09. The third-order valence-electron chi connectivity index (χ3n) is 2.59. The van der Waals surface area contributed by atoms with Crippen LogP contribution in [0.5, 0.6) is 5.75 Å². The molecule has 0 aliphatic rings. The summed E-state index contributed by atoms with van der Waals surface area (Å²) in [6.45, 7) is 2.72. The molecular formula is C15H15BrClNO. The molecule has 0 amide bonds. The molecule has 0 aromatic heterocycles. The van der Waals surface area contributed by atoms with Crippen LogP contribution in [0.3, 0.4) is 0 Å². The smallest absolute Gasteiger partial charge is 0.139 e. The van der Waals surface area contributed by atoms with Crippen molar-refractivity contribution in [3.8, 4) is 5.75 Å². The first kappa shape index (κ1) is 14.2. The standard InChI is InChI=1S/C15H15BrClNO/c1-11(10-18-13-5-3-2-4-6-13)19-15-9-12(16)7-8-14(15)17/h2-9,11,18H,10H2,1H3. The molecule has 2 aromatic carbocycles. The van der Waals surface area contributed by atoms with Crippen LogP contribution in [0.25, 0.3) is 0 Å². The molecule has 0 aliphatic carbocycles. The molecule has 0 fully saturated rings. The van der Waals surface area contributed by atoms with Gasteiger partial charge >= 0.3 is 0 Å². The summed E-state index contributed by atoms with van der Waals surface area (Å²) < 4.78 is 6.78. The van der Waals surface area contributed by atoms with Gasteiger partial charge in [0.1, 0.15) is 11.9 Å². The predicted octanol–water partition coefficient (Wildman–Crippen LogP) is 4.98. The topological polar surface area (TPSA) is 21.3 Å². The minimum atomic E-state index is 0.0204. The summed E-state index contributed by atoms with van der Waals surface area (Å²) in [5.74, 6) is 0.693. The quantitative estimate of drug-likeness (QED) is 0.828. The minimum Gasteiger partial charge on any atom is -0.487 e. The molecule has 4 heteroatoms. The van der Waals surface area contributed by atoms with Gasteiger partial charge in [0.25, 0.3) is 0 Å². The lowest BCUT2D eigenvalue weighted by Crippen LogP contribution is -2.22. The zero-order valence-electron chi connectivity index (χ0n) is 10.6. The van der Waals surface area contributed by atoms with Crippen molar-refractivity contribution < 1.29 is 4.74 Å². The summed E-state index contributed by atoms with van der Waals surface area (Å²) in [4.78, 5) is 0. The molecule has 1 atom stereocenters. The second-order valence-corrected chi connectivity index (χ2v) is 5.57. The van der Waals surface area contributed by atoms with Crippen LogP contribution < -0.4 is 10.1 Å². The maximum absolute atomic E-state index is 6.09. The van der Waals surface area contributed by atoms with E-state index in [1.807, 2.05) is 55.5 Å². The molecule has 0 spiro atoms. The normalized spacial score (nSPS) is 11.9. The lowest BCUT2D eigenvalue weighted by Gasteiger charge is -2.17. The molecule has 0 heterocycles. The molecule has 0 bridgehead atoms. The van der Waals surface area contributed by atoms with E-state index in [1.165, 1.54) is 0 Å². The first-order valence-electron chi connectivity index (χ1n) is 6.06. The molecular weight excluding hydrogens is 326 g/mol. The first-order valence-corrected chi connectivity index (χ1v) is 7.23. The van der Waals surface area contributed by atoms with Crippen LogP contribution in [-0.2, 0) is 0 Å². The first-order chi connectivity index (χ1) is 9.15. The van der Waals surface area contributed by atoms with Gasteiger partial charge in [-0.2, -0.15) is 0 Å². The van der Waals surface area contributed by atoms with E-state index in [0.29, 0.717) is 17.3 Å².